The molecule has 1 aromatic rings. The van der Waals surface area contributed by atoms with Crippen molar-refractivity contribution in [3.05, 3.63) is 27.0 Å². The molecule has 5 nitrogen and oxygen atoms in total. The maximum Gasteiger partial charge on any atom is 0.271 e. The molecule has 0 saturated heterocycles. The van der Waals surface area contributed by atoms with E-state index in [4.69, 9.17) is 5.26 Å². The predicted molar refractivity (Wildman–Crippen MR) is 78.1 cm³/mol. The SMILES string of the molecule is Cc1c(C)c(O)n(CCCNCI)c(=O)c1C#N. The molecule has 0 saturated carbocycles. The normalized spacial score (nSPS) is 10.3. The molecule has 98 valence electrons. The lowest BCUT2D eigenvalue weighted by Crippen LogP contribution is -2.26. The first-order valence-electron chi connectivity index (χ1n) is 5.64. The molecule has 1 rings (SSSR count). The van der Waals surface area contributed by atoms with Gasteiger partial charge < -0.3 is 10.4 Å². The Morgan fingerprint density at radius 2 is 2.11 bits per heavy atom. The van der Waals surface area contributed by atoms with Crippen molar-refractivity contribution in [1.29, 1.82) is 5.26 Å². The molecule has 6 heteroatoms. The molecule has 1 aromatic heterocycles. The molecular weight excluding hydrogens is 345 g/mol. The van der Waals surface area contributed by atoms with Crippen LogP contribution in [0.25, 0.3) is 0 Å². The van der Waals surface area contributed by atoms with Gasteiger partial charge in [-0.2, -0.15) is 5.26 Å². The summed E-state index contributed by atoms with van der Waals surface area (Å²) in [6, 6.07) is 1.91. The lowest BCUT2D eigenvalue weighted by molar-refractivity contribution is 0.396. The van der Waals surface area contributed by atoms with Crippen LogP contribution >= 0.6 is 22.6 Å². The Morgan fingerprint density at radius 1 is 1.44 bits per heavy atom. The fourth-order valence-corrected chi connectivity index (χ4v) is 2.10. The van der Waals surface area contributed by atoms with Crippen molar-refractivity contribution < 1.29 is 5.11 Å². The van der Waals surface area contributed by atoms with Gasteiger partial charge >= 0.3 is 0 Å². The van der Waals surface area contributed by atoms with Crippen LogP contribution in [0.5, 0.6) is 5.88 Å². The van der Waals surface area contributed by atoms with Crippen molar-refractivity contribution in [1.82, 2.24) is 9.88 Å². The van der Waals surface area contributed by atoms with Crippen LogP contribution in [0.3, 0.4) is 0 Å². The van der Waals surface area contributed by atoms with E-state index in [-0.39, 0.29) is 11.4 Å². The average molecular weight is 361 g/mol. The molecule has 0 atom stereocenters. The van der Waals surface area contributed by atoms with Crippen molar-refractivity contribution in [3.63, 3.8) is 0 Å². The van der Waals surface area contributed by atoms with E-state index in [2.05, 4.69) is 27.9 Å². The summed E-state index contributed by atoms with van der Waals surface area (Å²) >= 11 is 2.20. The fourth-order valence-electron chi connectivity index (χ4n) is 1.72. The molecular formula is C12H16IN3O2. The van der Waals surface area contributed by atoms with Gasteiger partial charge in [0.15, 0.2) is 5.88 Å². The highest BCUT2D eigenvalue weighted by Gasteiger charge is 2.15. The molecule has 0 aromatic carbocycles. The summed E-state index contributed by atoms with van der Waals surface area (Å²) in [5.74, 6) is -0.0361. The Kier molecular flexibility index (Phi) is 5.62. The molecule has 0 aliphatic heterocycles. The van der Waals surface area contributed by atoms with Gasteiger partial charge in [0.25, 0.3) is 5.56 Å². The summed E-state index contributed by atoms with van der Waals surface area (Å²) < 4.78 is 2.12. The van der Waals surface area contributed by atoms with E-state index in [9.17, 15) is 9.90 Å². The minimum Gasteiger partial charge on any atom is -0.494 e. The maximum absolute atomic E-state index is 12.0. The molecule has 0 spiro atoms. The van der Waals surface area contributed by atoms with E-state index < -0.39 is 5.56 Å². The van der Waals surface area contributed by atoms with Crippen LogP contribution in [0.1, 0.15) is 23.1 Å². The smallest absolute Gasteiger partial charge is 0.271 e. The maximum atomic E-state index is 12.0. The fraction of sp³-hybridized carbons (Fsp3) is 0.500. The third-order valence-corrected chi connectivity index (χ3v) is 3.47. The monoisotopic (exact) mass is 361 g/mol. The molecule has 0 aliphatic carbocycles. The highest BCUT2D eigenvalue weighted by Crippen LogP contribution is 2.19. The quantitative estimate of drug-likeness (QED) is 0.360. The highest BCUT2D eigenvalue weighted by molar-refractivity contribution is 14.1. The first-order valence-corrected chi connectivity index (χ1v) is 7.16. The standard InChI is InChI=1S/C12H16IN3O2/c1-8-9(2)11(17)16(5-3-4-15-7-13)12(18)10(8)6-14/h15,17H,3-5,7H2,1-2H3. The van der Waals surface area contributed by atoms with Gasteiger partial charge in [0.2, 0.25) is 0 Å². The lowest BCUT2D eigenvalue weighted by Gasteiger charge is -2.13. The predicted octanol–water partition coefficient (Wildman–Crippen LogP) is 1.41. The van der Waals surface area contributed by atoms with Gasteiger partial charge in [0.1, 0.15) is 11.6 Å². The second-order valence-corrected chi connectivity index (χ2v) is 4.77. The van der Waals surface area contributed by atoms with Crippen LogP contribution in [-0.2, 0) is 6.54 Å². The van der Waals surface area contributed by atoms with Crippen LogP contribution in [0.15, 0.2) is 4.79 Å². The molecule has 0 fully saturated rings. The van der Waals surface area contributed by atoms with Gasteiger partial charge in [-0.05, 0) is 32.4 Å². The Balaban J connectivity index is 3.09. The van der Waals surface area contributed by atoms with Crippen molar-refractivity contribution in [3.8, 4) is 11.9 Å². The van der Waals surface area contributed by atoms with E-state index in [0.29, 0.717) is 17.7 Å². The molecule has 0 unspecified atom stereocenters. The van der Waals surface area contributed by atoms with Gasteiger partial charge in [-0.3, -0.25) is 9.36 Å². The summed E-state index contributed by atoms with van der Waals surface area (Å²) in [4.78, 5) is 12.0. The number of rotatable bonds is 5. The minimum atomic E-state index is -0.410. The number of halogens is 1. The third-order valence-electron chi connectivity index (χ3n) is 2.93. The number of alkyl halides is 1. The minimum absolute atomic E-state index is 0.0361. The zero-order valence-corrected chi connectivity index (χ0v) is 12.6. The zero-order valence-electron chi connectivity index (χ0n) is 10.5. The van der Waals surface area contributed by atoms with Gasteiger partial charge in [0, 0.05) is 16.7 Å². The van der Waals surface area contributed by atoms with E-state index in [1.807, 2.05) is 6.07 Å². The molecule has 1 heterocycles. The van der Waals surface area contributed by atoms with Crippen LogP contribution in [0.4, 0.5) is 0 Å². The van der Waals surface area contributed by atoms with E-state index in [0.717, 1.165) is 17.5 Å². The Bertz CT molecular complexity index is 532. The Hall–Kier alpha value is -1.07. The number of nitrogens with zero attached hydrogens (tertiary/aromatic N) is 2. The summed E-state index contributed by atoms with van der Waals surface area (Å²) in [6.45, 7) is 4.56. The van der Waals surface area contributed by atoms with E-state index in [1.54, 1.807) is 13.8 Å². The van der Waals surface area contributed by atoms with Gasteiger partial charge in [0.05, 0.1) is 0 Å². The molecule has 2 N–H and O–H groups in total. The largest absolute Gasteiger partial charge is 0.494 e. The van der Waals surface area contributed by atoms with Crippen molar-refractivity contribution in [2.45, 2.75) is 26.8 Å². The number of aromatic nitrogens is 1. The highest BCUT2D eigenvalue weighted by atomic mass is 127. The van der Waals surface area contributed by atoms with E-state index >= 15 is 0 Å². The first kappa shape index (κ1) is 15.0. The third kappa shape index (κ3) is 3.03. The summed E-state index contributed by atoms with van der Waals surface area (Å²) in [5, 5.41) is 22.1. The van der Waals surface area contributed by atoms with Crippen LogP contribution in [-0.4, -0.2) is 20.8 Å². The van der Waals surface area contributed by atoms with Gasteiger partial charge in [-0.25, -0.2) is 0 Å². The Morgan fingerprint density at radius 3 is 2.67 bits per heavy atom. The summed E-state index contributed by atoms with van der Waals surface area (Å²) in [6.07, 6.45) is 0.726. The van der Waals surface area contributed by atoms with Crippen LogP contribution < -0.4 is 10.9 Å². The molecule has 0 radical (unpaired) electrons. The number of nitrogens with one attached hydrogen (secondary N) is 1. The number of nitriles is 1. The topological polar surface area (TPSA) is 78.0 Å². The van der Waals surface area contributed by atoms with Crippen molar-refractivity contribution in [2.24, 2.45) is 0 Å². The lowest BCUT2D eigenvalue weighted by atomic mass is 10.1. The molecule has 0 amide bonds. The molecule has 0 bridgehead atoms. The second-order valence-electron chi connectivity index (χ2n) is 4.00. The molecule has 18 heavy (non-hydrogen) atoms. The summed E-state index contributed by atoms with van der Waals surface area (Å²) in [5.41, 5.74) is 0.856. The summed E-state index contributed by atoms with van der Waals surface area (Å²) in [7, 11) is 0. The number of hydrogen-bond donors (Lipinski definition) is 2. The van der Waals surface area contributed by atoms with Crippen molar-refractivity contribution in [2.75, 3.05) is 11.1 Å². The van der Waals surface area contributed by atoms with Gasteiger partial charge in [-0.15, -0.1) is 0 Å². The first-order chi connectivity index (χ1) is 8.54. The zero-order chi connectivity index (χ0) is 13.7. The number of aromatic hydroxyl groups is 1. The Labute approximate surface area is 120 Å². The van der Waals surface area contributed by atoms with Crippen LogP contribution in [0, 0.1) is 25.2 Å². The molecule has 0 aliphatic rings. The van der Waals surface area contributed by atoms with Crippen molar-refractivity contribution >= 4 is 22.6 Å². The number of pyridine rings is 1. The van der Waals surface area contributed by atoms with E-state index in [1.165, 1.54) is 4.57 Å². The second kappa shape index (κ2) is 6.75. The average Bonchev–Trinajstić information content (AvgIpc) is 2.36. The number of hydrogen-bond acceptors (Lipinski definition) is 4. The van der Waals surface area contributed by atoms with Crippen LogP contribution in [0.2, 0.25) is 0 Å². The van der Waals surface area contributed by atoms with Gasteiger partial charge in [-0.1, -0.05) is 22.6 Å².